The van der Waals surface area contributed by atoms with E-state index >= 15 is 0 Å². The maximum Gasteiger partial charge on any atom is 0.242 e. The number of benzene rings is 1. The van der Waals surface area contributed by atoms with Crippen LogP contribution in [0.1, 0.15) is 31.7 Å². The Balaban J connectivity index is 1.52. The summed E-state index contributed by atoms with van der Waals surface area (Å²) in [6.45, 7) is 2.64. The van der Waals surface area contributed by atoms with Crippen LogP contribution in [0, 0.1) is 17.6 Å². The lowest BCUT2D eigenvalue weighted by molar-refractivity contribution is -0.144. The Labute approximate surface area is 173 Å². The largest absolute Gasteiger partial charge is 0.354 e. The third-order valence-electron chi connectivity index (χ3n) is 6.08. The Morgan fingerprint density at radius 1 is 1.20 bits per heavy atom. The molecule has 0 unspecified atom stereocenters. The van der Waals surface area contributed by atoms with Crippen molar-refractivity contribution in [2.45, 2.75) is 50.9 Å². The van der Waals surface area contributed by atoms with E-state index in [1.54, 1.807) is 4.90 Å². The van der Waals surface area contributed by atoms with Crippen LogP contribution in [-0.2, 0) is 20.9 Å². The van der Waals surface area contributed by atoms with E-state index in [9.17, 15) is 23.2 Å². The van der Waals surface area contributed by atoms with Gasteiger partial charge in [0.1, 0.15) is 17.7 Å². The van der Waals surface area contributed by atoms with Crippen molar-refractivity contribution in [2.24, 2.45) is 5.92 Å². The van der Waals surface area contributed by atoms with Crippen LogP contribution in [0.2, 0.25) is 0 Å². The van der Waals surface area contributed by atoms with Crippen molar-refractivity contribution in [1.29, 1.82) is 0 Å². The predicted octanol–water partition coefficient (Wildman–Crippen LogP) is 0.781. The third-order valence-corrected chi connectivity index (χ3v) is 6.08. The summed E-state index contributed by atoms with van der Waals surface area (Å²) in [5.41, 5.74) is 0.299. The molecule has 30 heavy (non-hydrogen) atoms. The molecule has 7 nitrogen and oxygen atoms in total. The number of carbonyl (C=O) groups excluding carboxylic acids is 3. The number of nitrogens with one attached hydrogen (secondary N) is 2. The van der Waals surface area contributed by atoms with E-state index in [1.807, 2.05) is 4.90 Å². The molecule has 0 spiro atoms. The number of hydrogen-bond acceptors (Lipinski definition) is 4. The smallest absolute Gasteiger partial charge is 0.242 e. The Kier molecular flexibility index (Phi) is 5.73. The van der Waals surface area contributed by atoms with E-state index < -0.39 is 17.7 Å². The highest BCUT2D eigenvalue weighted by molar-refractivity contribution is 5.86. The summed E-state index contributed by atoms with van der Waals surface area (Å²) in [6, 6.07) is 2.55. The number of fused-ring (bicyclic) bond motifs is 1. The van der Waals surface area contributed by atoms with Gasteiger partial charge in [-0.05, 0) is 25.3 Å². The van der Waals surface area contributed by atoms with E-state index in [1.165, 1.54) is 19.1 Å². The van der Waals surface area contributed by atoms with Crippen LogP contribution in [-0.4, -0.2) is 65.3 Å². The maximum absolute atomic E-state index is 14.3. The van der Waals surface area contributed by atoms with Gasteiger partial charge >= 0.3 is 0 Å². The molecule has 2 aliphatic heterocycles. The van der Waals surface area contributed by atoms with Crippen molar-refractivity contribution >= 4 is 17.7 Å². The second-order valence-electron chi connectivity index (χ2n) is 8.48. The molecule has 0 radical (unpaired) electrons. The lowest BCUT2D eigenvalue weighted by Crippen LogP contribution is -2.62. The number of piperazine rings is 1. The van der Waals surface area contributed by atoms with Gasteiger partial charge in [0.15, 0.2) is 0 Å². The molecular formula is C21H26F2N4O3. The molecule has 2 saturated heterocycles. The molecule has 3 aliphatic rings. The van der Waals surface area contributed by atoms with Crippen molar-refractivity contribution in [2.75, 3.05) is 19.6 Å². The number of halogens is 2. The number of hydrogen-bond donors (Lipinski definition) is 2. The van der Waals surface area contributed by atoms with Gasteiger partial charge in [-0.25, -0.2) is 8.78 Å². The van der Waals surface area contributed by atoms with Gasteiger partial charge in [-0.1, -0.05) is 6.07 Å². The Morgan fingerprint density at radius 2 is 1.97 bits per heavy atom. The number of rotatable bonds is 6. The van der Waals surface area contributed by atoms with Gasteiger partial charge in [0.2, 0.25) is 17.7 Å². The number of nitrogens with zero attached hydrogens (tertiary/aromatic N) is 2. The summed E-state index contributed by atoms with van der Waals surface area (Å²) in [7, 11) is 0. The zero-order valence-electron chi connectivity index (χ0n) is 16.9. The minimum Gasteiger partial charge on any atom is -0.354 e. The van der Waals surface area contributed by atoms with Gasteiger partial charge < -0.3 is 15.5 Å². The first-order chi connectivity index (χ1) is 14.3. The van der Waals surface area contributed by atoms with E-state index in [2.05, 4.69) is 10.6 Å². The second kappa shape index (κ2) is 8.29. The molecule has 1 aliphatic carbocycles. The molecule has 2 N–H and O–H groups in total. The number of carbonyl (C=O) groups is 3. The minimum absolute atomic E-state index is 0.0235. The highest BCUT2D eigenvalue weighted by atomic mass is 19.1. The fourth-order valence-electron chi connectivity index (χ4n) is 4.44. The monoisotopic (exact) mass is 420 g/mol. The molecule has 2 heterocycles. The van der Waals surface area contributed by atoms with Gasteiger partial charge in [-0.2, -0.15) is 0 Å². The van der Waals surface area contributed by atoms with Crippen LogP contribution in [0.5, 0.6) is 0 Å². The highest BCUT2D eigenvalue weighted by Crippen LogP contribution is 2.30. The Bertz CT molecular complexity index is 861. The van der Waals surface area contributed by atoms with Gasteiger partial charge in [0, 0.05) is 62.7 Å². The van der Waals surface area contributed by atoms with Crippen LogP contribution in [0.4, 0.5) is 8.78 Å². The van der Waals surface area contributed by atoms with E-state index in [-0.39, 0.29) is 48.8 Å². The molecule has 9 heteroatoms. The van der Waals surface area contributed by atoms with Gasteiger partial charge in [-0.15, -0.1) is 0 Å². The van der Waals surface area contributed by atoms with Crippen molar-refractivity contribution in [3.63, 3.8) is 0 Å². The molecule has 0 bridgehead atoms. The zero-order chi connectivity index (χ0) is 21.4. The maximum atomic E-state index is 14.3. The topological polar surface area (TPSA) is 81.8 Å². The average Bonchev–Trinajstić information content (AvgIpc) is 3.44. The standard InChI is InChI=1S/C21H26F2N4O3/c1-12(28)25-16-7-17-11-26(9-14-4-5-15(22)6-18(14)23)19(21(30)27(17)10-16)8-24-20(29)13-2-3-13/h4-6,13,16-17,19H,2-3,7-11H2,1H3,(H,24,29)(H,25,28)/t16-,17-,19-/m0/s1. The summed E-state index contributed by atoms with van der Waals surface area (Å²) in [5, 5.41) is 5.72. The van der Waals surface area contributed by atoms with Crippen LogP contribution in [0.3, 0.4) is 0 Å². The fraction of sp³-hybridized carbons (Fsp3) is 0.571. The van der Waals surface area contributed by atoms with E-state index in [0.717, 1.165) is 18.9 Å². The molecule has 1 aromatic rings. The molecule has 1 saturated carbocycles. The first-order valence-corrected chi connectivity index (χ1v) is 10.3. The molecule has 162 valence electrons. The Hall–Kier alpha value is -2.55. The van der Waals surface area contributed by atoms with E-state index in [4.69, 9.17) is 0 Å². The number of amides is 3. The summed E-state index contributed by atoms with van der Waals surface area (Å²) in [5.74, 6) is -1.64. The summed E-state index contributed by atoms with van der Waals surface area (Å²) >= 11 is 0. The predicted molar refractivity (Wildman–Crippen MR) is 104 cm³/mol. The SMILES string of the molecule is CC(=O)N[C@H]1C[C@H]2CN(Cc3ccc(F)cc3F)[C@@H](CNC(=O)C3CC3)C(=O)N2C1. The molecule has 3 atom stereocenters. The Morgan fingerprint density at radius 3 is 2.63 bits per heavy atom. The second-order valence-corrected chi connectivity index (χ2v) is 8.48. The van der Waals surface area contributed by atoms with Gasteiger partial charge in [0.05, 0.1) is 0 Å². The summed E-state index contributed by atoms with van der Waals surface area (Å²) in [4.78, 5) is 40.4. The third kappa shape index (κ3) is 4.45. The average molecular weight is 420 g/mol. The fourth-order valence-corrected chi connectivity index (χ4v) is 4.44. The first kappa shape index (κ1) is 20.7. The van der Waals surface area contributed by atoms with Crippen molar-refractivity contribution in [3.8, 4) is 0 Å². The molecule has 0 aromatic heterocycles. The summed E-state index contributed by atoms with van der Waals surface area (Å²) in [6.07, 6.45) is 2.35. The quantitative estimate of drug-likeness (QED) is 0.713. The lowest BCUT2D eigenvalue weighted by atomic mass is 10.0. The molecule has 4 rings (SSSR count). The van der Waals surface area contributed by atoms with E-state index in [0.29, 0.717) is 25.1 Å². The minimum atomic E-state index is -0.659. The molecule has 1 aromatic carbocycles. The van der Waals surface area contributed by atoms with Crippen LogP contribution < -0.4 is 10.6 Å². The molecular weight excluding hydrogens is 394 g/mol. The van der Waals surface area contributed by atoms with Gasteiger partial charge in [0.25, 0.3) is 0 Å². The van der Waals surface area contributed by atoms with Crippen LogP contribution in [0.15, 0.2) is 18.2 Å². The van der Waals surface area contributed by atoms with Crippen LogP contribution in [0.25, 0.3) is 0 Å². The molecule has 3 amide bonds. The van der Waals surface area contributed by atoms with Crippen molar-refractivity contribution in [3.05, 3.63) is 35.4 Å². The zero-order valence-corrected chi connectivity index (χ0v) is 16.9. The first-order valence-electron chi connectivity index (χ1n) is 10.3. The lowest BCUT2D eigenvalue weighted by Gasteiger charge is -2.42. The van der Waals surface area contributed by atoms with Gasteiger partial charge in [-0.3, -0.25) is 19.3 Å². The van der Waals surface area contributed by atoms with Crippen molar-refractivity contribution in [1.82, 2.24) is 20.4 Å². The van der Waals surface area contributed by atoms with Crippen molar-refractivity contribution < 1.29 is 23.2 Å². The molecule has 3 fully saturated rings. The highest BCUT2D eigenvalue weighted by Gasteiger charge is 2.46. The summed E-state index contributed by atoms with van der Waals surface area (Å²) < 4.78 is 27.5. The van der Waals surface area contributed by atoms with Crippen LogP contribution >= 0.6 is 0 Å². The normalized spacial score (nSPS) is 26.4.